The van der Waals surface area contributed by atoms with Gasteiger partial charge >= 0.3 is 0 Å². The zero-order valence-electron chi connectivity index (χ0n) is 9.78. The van der Waals surface area contributed by atoms with Crippen molar-refractivity contribution < 1.29 is 4.79 Å². The van der Waals surface area contributed by atoms with E-state index in [4.69, 9.17) is 5.84 Å². The van der Waals surface area contributed by atoms with E-state index in [0.717, 1.165) is 21.4 Å². The van der Waals surface area contributed by atoms with Gasteiger partial charge in [-0.25, -0.2) is 5.84 Å². The number of carbonyl (C=O) groups excluding carboxylic acids is 1. The molecule has 0 spiro atoms. The van der Waals surface area contributed by atoms with E-state index < -0.39 is 0 Å². The highest BCUT2D eigenvalue weighted by atomic mass is 32.2. The lowest BCUT2D eigenvalue weighted by Crippen LogP contribution is -2.29. The normalized spacial score (nSPS) is 17.0. The van der Waals surface area contributed by atoms with Gasteiger partial charge in [0.15, 0.2) is 0 Å². The number of hydrogen-bond donors (Lipinski definition) is 2. The van der Waals surface area contributed by atoms with Crippen LogP contribution in [-0.2, 0) is 5.75 Å². The number of nitrogens with one attached hydrogen (secondary N) is 1. The summed E-state index contributed by atoms with van der Waals surface area (Å²) in [7, 11) is 0. The van der Waals surface area contributed by atoms with Crippen LogP contribution in [0.3, 0.4) is 0 Å². The third-order valence-electron chi connectivity index (χ3n) is 3.11. The van der Waals surface area contributed by atoms with Gasteiger partial charge < -0.3 is 0 Å². The molecule has 1 saturated carbocycles. The third kappa shape index (κ3) is 3.47. The smallest absolute Gasteiger partial charge is 0.275 e. The summed E-state index contributed by atoms with van der Waals surface area (Å²) in [5, 5.41) is 2.74. The fraction of sp³-hybridized carbons (Fsp3) is 0.583. The zero-order valence-corrected chi connectivity index (χ0v) is 11.4. The summed E-state index contributed by atoms with van der Waals surface area (Å²) in [6.07, 6.45) is 6.76. The van der Waals surface area contributed by atoms with Crippen molar-refractivity contribution in [3.63, 3.8) is 0 Å². The van der Waals surface area contributed by atoms with Gasteiger partial charge in [-0.1, -0.05) is 19.3 Å². The first-order valence-corrected chi connectivity index (χ1v) is 7.93. The summed E-state index contributed by atoms with van der Waals surface area (Å²) in [5.74, 6) is 5.93. The molecule has 1 aromatic rings. The van der Waals surface area contributed by atoms with E-state index in [9.17, 15) is 4.79 Å². The molecule has 5 heteroatoms. The highest BCUT2D eigenvalue weighted by molar-refractivity contribution is 7.99. The van der Waals surface area contributed by atoms with Gasteiger partial charge in [-0.2, -0.15) is 11.8 Å². The van der Waals surface area contributed by atoms with E-state index in [1.54, 1.807) is 0 Å². The van der Waals surface area contributed by atoms with Gasteiger partial charge in [0.2, 0.25) is 0 Å². The van der Waals surface area contributed by atoms with Gasteiger partial charge in [0.05, 0.1) is 4.88 Å². The van der Waals surface area contributed by atoms with E-state index in [1.807, 2.05) is 23.2 Å². The maximum absolute atomic E-state index is 11.5. The van der Waals surface area contributed by atoms with Crippen LogP contribution in [0.25, 0.3) is 0 Å². The van der Waals surface area contributed by atoms with Crippen LogP contribution in [0.5, 0.6) is 0 Å². The number of thiophene rings is 1. The Morgan fingerprint density at radius 2 is 2.24 bits per heavy atom. The number of nitrogens with two attached hydrogens (primary N) is 1. The Hall–Kier alpha value is -0.520. The molecule has 0 radical (unpaired) electrons. The second-order valence-electron chi connectivity index (χ2n) is 4.32. The van der Waals surface area contributed by atoms with Crippen LogP contribution in [0.1, 0.15) is 47.3 Å². The molecule has 3 nitrogen and oxygen atoms in total. The summed E-state index contributed by atoms with van der Waals surface area (Å²) in [6.45, 7) is 0. The van der Waals surface area contributed by atoms with Crippen molar-refractivity contribution in [1.82, 2.24) is 5.43 Å². The molecule has 0 bridgehead atoms. The Kier molecular flexibility index (Phi) is 4.88. The minimum absolute atomic E-state index is 0.167. The summed E-state index contributed by atoms with van der Waals surface area (Å²) in [6, 6.07) is 2.03. The molecule has 0 aromatic carbocycles. The van der Waals surface area contributed by atoms with Crippen molar-refractivity contribution >= 4 is 29.0 Å². The number of rotatable bonds is 4. The molecule has 1 heterocycles. The molecule has 0 saturated heterocycles. The number of carbonyl (C=O) groups is 1. The third-order valence-corrected chi connectivity index (χ3v) is 5.49. The Labute approximate surface area is 110 Å². The molecule has 17 heavy (non-hydrogen) atoms. The molecule has 0 aliphatic heterocycles. The fourth-order valence-corrected chi connectivity index (χ4v) is 4.39. The topological polar surface area (TPSA) is 55.1 Å². The molecule has 2 rings (SSSR count). The average Bonchev–Trinajstić information content (AvgIpc) is 2.85. The first-order valence-electron chi connectivity index (χ1n) is 6.00. The number of thioether (sulfide) groups is 1. The average molecular weight is 270 g/mol. The largest absolute Gasteiger partial charge is 0.289 e. The maximum atomic E-state index is 11.5. The summed E-state index contributed by atoms with van der Waals surface area (Å²) in [4.78, 5) is 12.3. The van der Waals surface area contributed by atoms with Crippen LogP contribution in [0, 0.1) is 0 Å². The SMILES string of the molecule is NNC(=O)c1sccc1CSC1CCCCC1. The second kappa shape index (κ2) is 6.42. The van der Waals surface area contributed by atoms with E-state index in [0.29, 0.717) is 0 Å². The van der Waals surface area contributed by atoms with E-state index >= 15 is 0 Å². The molecule has 94 valence electrons. The molecule has 1 fully saturated rings. The van der Waals surface area contributed by atoms with Gasteiger partial charge in [0, 0.05) is 11.0 Å². The maximum Gasteiger partial charge on any atom is 0.275 e. The highest BCUT2D eigenvalue weighted by Crippen LogP contribution is 2.32. The molecule has 3 N–H and O–H groups in total. The Morgan fingerprint density at radius 1 is 1.47 bits per heavy atom. The number of hydrogen-bond acceptors (Lipinski definition) is 4. The van der Waals surface area contributed by atoms with Crippen molar-refractivity contribution in [2.75, 3.05) is 0 Å². The van der Waals surface area contributed by atoms with Gasteiger partial charge in [-0.3, -0.25) is 10.2 Å². The summed E-state index contributed by atoms with van der Waals surface area (Å²) >= 11 is 3.45. The lowest BCUT2D eigenvalue weighted by molar-refractivity contribution is 0.0957. The minimum Gasteiger partial charge on any atom is -0.289 e. The summed E-state index contributed by atoms with van der Waals surface area (Å²) in [5.41, 5.74) is 3.33. The van der Waals surface area contributed by atoms with Crippen molar-refractivity contribution in [2.24, 2.45) is 5.84 Å². The van der Waals surface area contributed by atoms with Gasteiger partial charge in [0.1, 0.15) is 0 Å². The molecule has 1 aromatic heterocycles. The van der Waals surface area contributed by atoms with Crippen LogP contribution in [-0.4, -0.2) is 11.2 Å². The lowest BCUT2D eigenvalue weighted by atomic mass is 10.0. The summed E-state index contributed by atoms with van der Waals surface area (Å²) < 4.78 is 0. The fourth-order valence-electron chi connectivity index (χ4n) is 2.15. The van der Waals surface area contributed by atoms with Crippen LogP contribution in [0.2, 0.25) is 0 Å². The minimum atomic E-state index is -0.167. The van der Waals surface area contributed by atoms with Crippen LogP contribution in [0.4, 0.5) is 0 Å². The quantitative estimate of drug-likeness (QED) is 0.502. The molecule has 1 amide bonds. The zero-order chi connectivity index (χ0) is 12.1. The van der Waals surface area contributed by atoms with E-state index in [1.165, 1.54) is 43.4 Å². The highest BCUT2D eigenvalue weighted by Gasteiger charge is 2.16. The first kappa shape index (κ1) is 12.9. The van der Waals surface area contributed by atoms with Crippen LogP contribution >= 0.6 is 23.1 Å². The Balaban J connectivity index is 1.89. The standard InChI is InChI=1S/C12H18N2OS2/c13-14-12(15)11-9(6-7-16-11)8-17-10-4-2-1-3-5-10/h6-7,10H,1-5,8,13H2,(H,14,15). The van der Waals surface area contributed by atoms with Crippen LogP contribution < -0.4 is 11.3 Å². The van der Waals surface area contributed by atoms with Gasteiger partial charge in [0.25, 0.3) is 5.91 Å². The molecule has 0 unspecified atom stereocenters. The predicted molar refractivity (Wildman–Crippen MR) is 74.1 cm³/mol. The first-order chi connectivity index (χ1) is 8.31. The van der Waals surface area contributed by atoms with E-state index in [2.05, 4.69) is 5.43 Å². The predicted octanol–water partition coefficient (Wildman–Crippen LogP) is 2.92. The van der Waals surface area contributed by atoms with Crippen LogP contribution in [0.15, 0.2) is 11.4 Å². The number of hydrazine groups is 1. The Bertz CT molecular complexity index is 372. The van der Waals surface area contributed by atoms with Crippen molar-refractivity contribution in [3.05, 3.63) is 21.9 Å². The molecular formula is C12H18N2OS2. The second-order valence-corrected chi connectivity index (χ2v) is 6.52. The van der Waals surface area contributed by atoms with E-state index in [-0.39, 0.29) is 5.91 Å². The monoisotopic (exact) mass is 270 g/mol. The lowest BCUT2D eigenvalue weighted by Gasteiger charge is -2.20. The number of nitrogen functional groups attached to an aromatic ring is 1. The number of amides is 1. The van der Waals surface area contributed by atoms with Gasteiger partial charge in [-0.05, 0) is 29.9 Å². The molecular weight excluding hydrogens is 252 g/mol. The van der Waals surface area contributed by atoms with Crippen molar-refractivity contribution in [2.45, 2.75) is 43.1 Å². The van der Waals surface area contributed by atoms with Crippen molar-refractivity contribution in [3.8, 4) is 0 Å². The van der Waals surface area contributed by atoms with Crippen molar-refractivity contribution in [1.29, 1.82) is 0 Å². The van der Waals surface area contributed by atoms with Gasteiger partial charge in [-0.15, -0.1) is 11.3 Å². The Morgan fingerprint density at radius 3 is 2.94 bits per heavy atom. The molecule has 1 aliphatic carbocycles. The molecule has 1 aliphatic rings. The molecule has 0 atom stereocenters.